The van der Waals surface area contributed by atoms with Crippen molar-refractivity contribution >= 4 is 5.97 Å². The first-order chi connectivity index (χ1) is 6.00. The second kappa shape index (κ2) is 4.07. The molecule has 0 radical (unpaired) electrons. The molecule has 3 N–H and O–H groups in total. The summed E-state index contributed by atoms with van der Waals surface area (Å²) >= 11 is 0. The van der Waals surface area contributed by atoms with Gasteiger partial charge in [-0.3, -0.25) is 4.79 Å². The standard InChI is InChI=1S/C9H17NO3/c1-5-3-7(4-6(2)13-5)8(10)9(11)12/h5-8H,3-4,10H2,1-2H3,(H,11,12)/t5-,6-,8?/m1/s1. The van der Waals surface area contributed by atoms with Crippen molar-refractivity contribution in [1.82, 2.24) is 0 Å². The number of hydrogen-bond donors (Lipinski definition) is 2. The Kier molecular flexibility index (Phi) is 3.27. The molecule has 1 unspecified atom stereocenters. The van der Waals surface area contributed by atoms with E-state index < -0.39 is 12.0 Å². The molecule has 1 aliphatic rings. The molecule has 1 saturated heterocycles. The molecule has 1 fully saturated rings. The molecule has 0 aromatic carbocycles. The van der Waals surface area contributed by atoms with Crippen molar-refractivity contribution in [3.63, 3.8) is 0 Å². The summed E-state index contributed by atoms with van der Waals surface area (Å²) in [5.41, 5.74) is 5.56. The summed E-state index contributed by atoms with van der Waals surface area (Å²) in [5, 5.41) is 8.74. The molecule has 0 aliphatic carbocycles. The van der Waals surface area contributed by atoms with Gasteiger partial charge in [-0.25, -0.2) is 0 Å². The number of ether oxygens (including phenoxy) is 1. The first-order valence-corrected chi connectivity index (χ1v) is 4.64. The molecule has 1 rings (SSSR count). The van der Waals surface area contributed by atoms with Crippen LogP contribution in [-0.2, 0) is 9.53 Å². The van der Waals surface area contributed by atoms with Gasteiger partial charge in [-0.2, -0.15) is 0 Å². The van der Waals surface area contributed by atoms with E-state index in [1.54, 1.807) is 0 Å². The highest BCUT2D eigenvalue weighted by molar-refractivity contribution is 5.73. The van der Waals surface area contributed by atoms with Crippen molar-refractivity contribution in [3.8, 4) is 0 Å². The first kappa shape index (κ1) is 10.5. The number of carboxylic acids is 1. The zero-order chi connectivity index (χ0) is 10.0. The fraction of sp³-hybridized carbons (Fsp3) is 0.889. The van der Waals surface area contributed by atoms with Gasteiger partial charge in [0.2, 0.25) is 0 Å². The normalized spacial score (nSPS) is 37.0. The monoisotopic (exact) mass is 187 g/mol. The van der Waals surface area contributed by atoms with Crippen LogP contribution in [0.15, 0.2) is 0 Å². The lowest BCUT2D eigenvalue weighted by Gasteiger charge is -2.33. The second-order valence-electron chi connectivity index (χ2n) is 3.85. The number of hydrogen-bond acceptors (Lipinski definition) is 3. The highest BCUT2D eigenvalue weighted by atomic mass is 16.5. The minimum atomic E-state index is -0.911. The van der Waals surface area contributed by atoms with E-state index in [4.69, 9.17) is 15.6 Å². The molecule has 1 aliphatic heterocycles. The minimum Gasteiger partial charge on any atom is -0.480 e. The molecule has 0 amide bonds. The van der Waals surface area contributed by atoms with Crippen LogP contribution in [0.2, 0.25) is 0 Å². The van der Waals surface area contributed by atoms with Crippen LogP contribution < -0.4 is 5.73 Å². The van der Waals surface area contributed by atoms with Gasteiger partial charge in [0.1, 0.15) is 6.04 Å². The lowest BCUT2D eigenvalue weighted by Crippen LogP contribution is -2.44. The van der Waals surface area contributed by atoms with E-state index in [9.17, 15) is 4.79 Å². The highest BCUT2D eigenvalue weighted by Crippen LogP contribution is 2.26. The van der Waals surface area contributed by atoms with E-state index in [0.29, 0.717) is 0 Å². The van der Waals surface area contributed by atoms with Crippen LogP contribution in [0.4, 0.5) is 0 Å². The maximum absolute atomic E-state index is 10.6. The van der Waals surface area contributed by atoms with E-state index >= 15 is 0 Å². The number of rotatable bonds is 2. The molecule has 0 saturated carbocycles. The number of carboxylic acid groups (broad SMARTS) is 1. The van der Waals surface area contributed by atoms with Gasteiger partial charge in [0.05, 0.1) is 12.2 Å². The van der Waals surface area contributed by atoms with Crippen LogP contribution in [-0.4, -0.2) is 29.3 Å². The molecule has 4 heteroatoms. The van der Waals surface area contributed by atoms with Crippen LogP contribution >= 0.6 is 0 Å². The Morgan fingerprint density at radius 3 is 2.31 bits per heavy atom. The molecular weight excluding hydrogens is 170 g/mol. The fourth-order valence-corrected chi connectivity index (χ4v) is 1.95. The SMILES string of the molecule is C[C@@H]1CC(C(N)C(=O)O)C[C@@H](C)O1. The van der Waals surface area contributed by atoms with E-state index in [0.717, 1.165) is 12.8 Å². The van der Waals surface area contributed by atoms with Gasteiger partial charge in [-0.15, -0.1) is 0 Å². The third-order valence-electron chi connectivity index (χ3n) is 2.53. The van der Waals surface area contributed by atoms with E-state index in [1.165, 1.54) is 0 Å². The van der Waals surface area contributed by atoms with Crippen LogP contribution in [0, 0.1) is 5.92 Å². The van der Waals surface area contributed by atoms with Crippen molar-refractivity contribution in [3.05, 3.63) is 0 Å². The Morgan fingerprint density at radius 1 is 1.46 bits per heavy atom. The van der Waals surface area contributed by atoms with Crippen LogP contribution in [0.3, 0.4) is 0 Å². The Labute approximate surface area is 78.1 Å². The predicted octanol–water partition coefficient (Wildman–Crippen LogP) is 0.602. The largest absolute Gasteiger partial charge is 0.480 e. The average Bonchev–Trinajstić information content (AvgIpc) is 2.01. The van der Waals surface area contributed by atoms with Crippen molar-refractivity contribution in [1.29, 1.82) is 0 Å². The van der Waals surface area contributed by atoms with Crippen LogP contribution in [0.5, 0.6) is 0 Å². The summed E-state index contributed by atoms with van der Waals surface area (Å²) in [6.45, 7) is 3.91. The van der Waals surface area contributed by atoms with Crippen LogP contribution in [0.1, 0.15) is 26.7 Å². The molecule has 3 atom stereocenters. The average molecular weight is 187 g/mol. The summed E-state index contributed by atoms with van der Waals surface area (Å²) < 4.78 is 5.50. The van der Waals surface area contributed by atoms with Crippen molar-refractivity contribution in [2.24, 2.45) is 11.7 Å². The summed E-state index contributed by atoms with van der Waals surface area (Å²) in [5.74, 6) is -0.859. The van der Waals surface area contributed by atoms with E-state index in [2.05, 4.69) is 0 Å². The maximum Gasteiger partial charge on any atom is 0.320 e. The molecule has 4 nitrogen and oxygen atoms in total. The zero-order valence-electron chi connectivity index (χ0n) is 8.06. The third-order valence-corrected chi connectivity index (χ3v) is 2.53. The zero-order valence-corrected chi connectivity index (χ0v) is 8.06. The third kappa shape index (κ3) is 2.67. The van der Waals surface area contributed by atoms with Gasteiger partial charge >= 0.3 is 5.97 Å². The fourth-order valence-electron chi connectivity index (χ4n) is 1.95. The van der Waals surface area contributed by atoms with E-state index in [1.807, 2.05) is 13.8 Å². The summed E-state index contributed by atoms with van der Waals surface area (Å²) in [4.78, 5) is 10.6. The smallest absolute Gasteiger partial charge is 0.320 e. The number of nitrogens with two attached hydrogens (primary N) is 1. The maximum atomic E-state index is 10.6. The molecular formula is C9H17NO3. The quantitative estimate of drug-likeness (QED) is 0.664. The second-order valence-corrected chi connectivity index (χ2v) is 3.85. The number of aliphatic carboxylic acids is 1. The van der Waals surface area contributed by atoms with Crippen molar-refractivity contribution in [2.75, 3.05) is 0 Å². The molecule has 1 heterocycles. The Balaban J connectivity index is 2.54. The van der Waals surface area contributed by atoms with Gasteiger partial charge in [-0.05, 0) is 32.6 Å². The highest BCUT2D eigenvalue weighted by Gasteiger charge is 2.31. The van der Waals surface area contributed by atoms with Gasteiger partial charge < -0.3 is 15.6 Å². The van der Waals surface area contributed by atoms with Gasteiger partial charge in [0.15, 0.2) is 0 Å². The topological polar surface area (TPSA) is 72.6 Å². The predicted molar refractivity (Wildman–Crippen MR) is 48.3 cm³/mol. The minimum absolute atomic E-state index is 0.0521. The van der Waals surface area contributed by atoms with Gasteiger partial charge in [0.25, 0.3) is 0 Å². The van der Waals surface area contributed by atoms with Crippen molar-refractivity contribution in [2.45, 2.75) is 44.9 Å². The molecule has 0 spiro atoms. The van der Waals surface area contributed by atoms with Gasteiger partial charge in [0, 0.05) is 0 Å². The summed E-state index contributed by atoms with van der Waals surface area (Å²) in [6, 6.07) is -0.742. The lowest BCUT2D eigenvalue weighted by molar-refractivity contribution is -0.142. The molecule has 0 aromatic rings. The summed E-state index contributed by atoms with van der Waals surface area (Å²) in [7, 11) is 0. The first-order valence-electron chi connectivity index (χ1n) is 4.64. The lowest BCUT2D eigenvalue weighted by atomic mass is 9.87. The van der Waals surface area contributed by atoms with Gasteiger partial charge in [-0.1, -0.05) is 0 Å². The van der Waals surface area contributed by atoms with Crippen LogP contribution in [0.25, 0.3) is 0 Å². The Morgan fingerprint density at radius 2 is 1.92 bits per heavy atom. The van der Waals surface area contributed by atoms with E-state index in [-0.39, 0.29) is 18.1 Å². The Bertz CT molecular complexity index is 185. The van der Waals surface area contributed by atoms with Crippen molar-refractivity contribution < 1.29 is 14.6 Å². The molecule has 0 bridgehead atoms. The molecule has 13 heavy (non-hydrogen) atoms. The molecule has 0 aromatic heterocycles. The summed E-state index contributed by atoms with van der Waals surface area (Å²) in [6.07, 6.45) is 1.74. The molecule has 76 valence electrons. The number of carbonyl (C=O) groups is 1. The Hall–Kier alpha value is -0.610.